The maximum absolute atomic E-state index is 14.1. The molecule has 0 fully saturated rings. The van der Waals surface area contributed by atoms with Gasteiger partial charge in [-0.05, 0) is 38.1 Å². The molecule has 0 aliphatic rings. The molecule has 0 amide bonds. The van der Waals surface area contributed by atoms with E-state index < -0.39 is 23.5 Å². The molecule has 2 aromatic rings. The van der Waals surface area contributed by atoms with Crippen LogP contribution in [0.25, 0.3) is 0 Å². The summed E-state index contributed by atoms with van der Waals surface area (Å²) in [6.07, 6.45) is 0.126. The molecular weight excluding hydrogens is 299 g/mol. The summed E-state index contributed by atoms with van der Waals surface area (Å²) >= 11 is 5.98. The third-order valence-corrected chi connectivity index (χ3v) is 3.85. The molecule has 21 heavy (non-hydrogen) atoms. The lowest BCUT2D eigenvalue weighted by Gasteiger charge is -2.19. The number of benzene rings is 2. The quantitative estimate of drug-likeness (QED) is 0.872. The van der Waals surface area contributed by atoms with Crippen molar-refractivity contribution in [2.45, 2.75) is 19.4 Å². The minimum absolute atomic E-state index is 0.126. The van der Waals surface area contributed by atoms with Crippen LogP contribution in [0.4, 0.5) is 13.2 Å². The zero-order chi connectivity index (χ0) is 15.6. The van der Waals surface area contributed by atoms with Gasteiger partial charge in [0, 0.05) is 22.2 Å². The smallest absolute Gasteiger partial charge is 0.163 e. The molecule has 5 heteroatoms. The van der Waals surface area contributed by atoms with E-state index in [0.29, 0.717) is 0 Å². The van der Waals surface area contributed by atoms with Crippen LogP contribution in [0, 0.1) is 24.4 Å². The summed E-state index contributed by atoms with van der Waals surface area (Å²) in [4.78, 5) is 0. The van der Waals surface area contributed by atoms with Gasteiger partial charge in [-0.3, -0.25) is 0 Å². The highest BCUT2D eigenvalue weighted by Crippen LogP contribution is 2.28. The topological polar surface area (TPSA) is 12.0 Å². The molecule has 0 aliphatic heterocycles. The van der Waals surface area contributed by atoms with E-state index in [1.54, 1.807) is 13.1 Å². The predicted molar refractivity (Wildman–Crippen MR) is 78.0 cm³/mol. The van der Waals surface area contributed by atoms with Crippen molar-refractivity contribution in [2.24, 2.45) is 0 Å². The number of aryl methyl sites for hydroxylation is 1. The summed E-state index contributed by atoms with van der Waals surface area (Å²) < 4.78 is 41.6. The maximum atomic E-state index is 14.1. The monoisotopic (exact) mass is 313 g/mol. The van der Waals surface area contributed by atoms with Crippen molar-refractivity contribution in [3.8, 4) is 0 Å². The Hall–Kier alpha value is -1.52. The number of nitrogens with one attached hydrogen (secondary N) is 1. The second-order valence-electron chi connectivity index (χ2n) is 4.85. The van der Waals surface area contributed by atoms with Gasteiger partial charge >= 0.3 is 0 Å². The Balaban J connectivity index is 2.40. The van der Waals surface area contributed by atoms with E-state index in [9.17, 15) is 13.2 Å². The molecule has 1 unspecified atom stereocenters. The first-order chi connectivity index (χ1) is 9.95. The molecule has 2 aromatic carbocycles. The van der Waals surface area contributed by atoms with Gasteiger partial charge in [-0.1, -0.05) is 29.8 Å². The Morgan fingerprint density at radius 3 is 2.43 bits per heavy atom. The van der Waals surface area contributed by atoms with Crippen molar-refractivity contribution in [2.75, 3.05) is 7.05 Å². The van der Waals surface area contributed by atoms with E-state index in [0.717, 1.165) is 0 Å². The third kappa shape index (κ3) is 3.22. The standard InChI is InChI=1S/C16H15ClF3N/c1-9-6-7-10(16(20)15(9)19)14(21-2)8-11-12(17)4-3-5-13(11)18/h3-7,14,21H,8H2,1-2H3. The first-order valence-corrected chi connectivity index (χ1v) is 6.88. The molecule has 1 nitrogen and oxygen atoms in total. The number of likely N-dealkylation sites (N-methyl/N-ethyl adjacent to an activating group) is 1. The van der Waals surface area contributed by atoms with Gasteiger partial charge in [-0.25, -0.2) is 13.2 Å². The summed E-state index contributed by atoms with van der Waals surface area (Å²) in [5.41, 5.74) is 0.661. The predicted octanol–water partition coefficient (Wildman–Crippen LogP) is 4.57. The highest BCUT2D eigenvalue weighted by Gasteiger charge is 2.21. The minimum Gasteiger partial charge on any atom is -0.313 e. The first-order valence-electron chi connectivity index (χ1n) is 6.50. The van der Waals surface area contributed by atoms with Crippen molar-refractivity contribution in [3.05, 3.63) is 69.5 Å². The van der Waals surface area contributed by atoms with Crippen LogP contribution in [0.2, 0.25) is 5.02 Å². The van der Waals surface area contributed by atoms with Crippen molar-refractivity contribution in [1.29, 1.82) is 0 Å². The second kappa shape index (κ2) is 6.50. The Morgan fingerprint density at radius 2 is 1.81 bits per heavy atom. The fourth-order valence-corrected chi connectivity index (χ4v) is 2.47. The van der Waals surface area contributed by atoms with Gasteiger partial charge in [-0.2, -0.15) is 0 Å². The van der Waals surface area contributed by atoms with Crippen molar-refractivity contribution in [1.82, 2.24) is 5.32 Å². The summed E-state index contributed by atoms with van der Waals surface area (Å²) in [6.45, 7) is 1.49. The van der Waals surface area contributed by atoms with Crippen LogP contribution in [-0.4, -0.2) is 7.05 Å². The summed E-state index contributed by atoms with van der Waals surface area (Å²) in [5, 5.41) is 3.14. The normalized spacial score (nSPS) is 12.5. The fourth-order valence-electron chi connectivity index (χ4n) is 2.23. The zero-order valence-corrected chi connectivity index (χ0v) is 12.4. The molecule has 0 spiro atoms. The van der Waals surface area contributed by atoms with Crippen molar-refractivity contribution in [3.63, 3.8) is 0 Å². The summed E-state index contributed by atoms with van der Waals surface area (Å²) in [7, 11) is 1.61. The van der Waals surface area contributed by atoms with Gasteiger partial charge in [0.1, 0.15) is 5.82 Å². The van der Waals surface area contributed by atoms with Crippen LogP contribution in [0.5, 0.6) is 0 Å². The molecule has 0 saturated carbocycles. The lowest BCUT2D eigenvalue weighted by molar-refractivity contribution is 0.466. The summed E-state index contributed by atoms with van der Waals surface area (Å²) in [5.74, 6) is -2.26. The molecule has 0 bridgehead atoms. The van der Waals surface area contributed by atoms with E-state index in [1.165, 1.54) is 31.2 Å². The Kier molecular flexibility index (Phi) is 4.91. The SMILES string of the molecule is CNC(Cc1c(F)cccc1Cl)c1ccc(C)c(F)c1F. The molecule has 0 aliphatic carbocycles. The third-order valence-electron chi connectivity index (χ3n) is 3.50. The van der Waals surface area contributed by atoms with Crippen LogP contribution in [0.3, 0.4) is 0 Å². The first kappa shape index (κ1) is 15.9. The average molecular weight is 314 g/mol. The van der Waals surface area contributed by atoms with Crippen LogP contribution in [0.15, 0.2) is 30.3 Å². The van der Waals surface area contributed by atoms with Gasteiger partial charge in [0.25, 0.3) is 0 Å². The molecule has 0 saturated heterocycles. The lowest BCUT2D eigenvalue weighted by Crippen LogP contribution is -2.21. The van der Waals surface area contributed by atoms with E-state index in [-0.39, 0.29) is 28.1 Å². The molecule has 0 heterocycles. The van der Waals surface area contributed by atoms with Gasteiger partial charge in [0.15, 0.2) is 11.6 Å². The van der Waals surface area contributed by atoms with E-state index in [2.05, 4.69) is 5.32 Å². The molecule has 2 rings (SSSR count). The minimum atomic E-state index is -0.915. The molecular formula is C16H15ClF3N. The van der Waals surface area contributed by atoms with E-state index in [1.807, 2.05) is 0 Å². The van der Waals surface area contributed by atoms with Crippen LogP contribution in [-0.2, 0) is 6.42 Å². The average Bonchev–Trinajstić information content (AvgIpc) is 2.46. The second-order valence-corrected chi connectivity index (χ2v) is 5.25. The van der Waals surface area contributed by atoms with Crippen molar-refractivity contribution >= 4 is 11.6 Å². The van der Waals surface area contributed by atoms with Gasteiger partial charge < -0.3 is 5.32 Å². The Labute approximate surface area is 126 Å². The molecule has 0 aromatic heterocycles. The lowest BCUT2D eigenvalue weighted by atomic mass is 9.97. The molecule has 112 valence electrons. The largest absolute Gasteiger partial charge is 0.313 e. The molecule has 1 N–H and O–H groups in total. The maximum Gasteiger partial charge on any atom is 0.163 e. The number of hydrogen-bond donors (Lipinski definition) is 1. The molecule has 0 radical (unpaired) electrons. The van der Waals surface area contributed by atoms with Crippen LogP contribution in [0.1, 0.15) is 22.7 Å². The van der Waals surface area contributed by atoms with Gasteiger partial charge in [0.05, 0.1) is 0 Å². The number of hydrogen-bond acceptors (Lipinski definition) is 1. The van der Waals surface area contributed by atoms with Crippen LogP contribution < -0.4 is 5.32 Å². The van der Waals surface area contributed by atoms with Crippen LogP contribution >= 0.6 is 11.6 Å². The Morgan fingerprint density at radius 1 is 1.10 bits per heavy atom. The van der Waals surface area contributed by atoms with Gasteiger partial charge in [-0.15, -0.1) is 0 Å². The Bertz CT molecular complexity index is 638. The highest BCUT2D eigenvalue weighted by molar-refractivity contribution is 6.31. The molecule has 1 atom stereocenters. The zero-order valence-electron chi connectivity index (χ0n) is 11.7. The van der Waals surface area contributed by atoms with E-state index in [4.69, 9.17) is 11.6 Å². The summed E-state index contributed by atoms with van der Waals surface area (Å²) in [6, 6.07) is 6.79. The van der Waals surface area contributed by atoms with E-state index >= 15 is 0 Å². The number of rotatable bonds is 4. The highest BCUT2D eigenvalue weighted by atomic mass is 35.5. The fraction of sp³-hybridized carbons (Fsp3) is 0.250. The van der Waals surface area contributed by atoms with Crippen molar-refractivity contribution < 1.29 is 13.2 Å². The number of halogens is 4. The van der Waals surface area contributed by atoms with Gasteiger partial charge in [0.2, 0.25) is 0 Å².